The van der Waals surface area contributed by atoms with Crippen molar-refractivity contribution in [2.45, 2.75) is 11.8 Å². The van der Waals surface area contributed by atoms with E-state index in [4.69, 9.17) is 28.5 Å². The van der Waals surface area contributed by atoms with Crippen LogP contribution in [0, 0.1) is 17.2 Å². The average Bonchev–Trinajstić information content (AvgIpc) is 2.50. The molecule has 120 valence electrons. The third kappa shape index (κ3) is 3.92. The minimum atomic E-state index is -3.65. The topological polar surface area (TPSA) is 64.4 Å². The molecule has 1 saturated heterocycles. The number of nitrogens with zero attached hydrogens (tertiary/aromatic N) is 3. The maximum atomic E-state index is 12.7. The van der Waals surface area contributed by atoms with Crippen molar-refractivity contribution >= 4 is 33.2 Å². The molecule has 0 unspecified atom stereocenters. The second kappa shape index (κ2) is 7.16. The van der Waals surface area contributed by atoms with Crippen molar-refractivity contribution in [3.8, 4) is 6.07 Å². The summed E-state index contributed by atoms with van der Waals surface area (Å²) in [7, 11) is -3.65. The molecule has 0 aromatic heterocycles. The second-order valence-corrected chi connectivity index (χ2v) is 8.06. The van der Waals surface area contributed by atoms with Gasteiger partial charge < -0.3 is 0 Å². The number of nitriles is 1. The minimum Gasteiger partial charge on any atom is -0.299 e. The molecule has 0 N–H and O–H groups in total. The van der Waals surface area contributed by atoms with E-state index >= 15 is 0 Å². The number of halogens is 2. The lowest BCUT2D eigenvalue weighted by atomic mass is 10.2. The van der Waals surface area contributed by atoms with Crippen molar-refractivity contribution < 1.29 is 8.42 Å². The van der Waals surface area contributed by atoms with Gasteiger partial charge in [0.1, 0.15) is 4.90 Å². The summed E-state index contributed by atoms with van der Waals surface area (Å²) in [6.07, 6.45) is 0. The number of sulfonamides is 1. The van der Waals surface area contributed by atoms with Crippen molar-refractivity contribution in [2.24, 2.45) is 5.92 Å². The van der Waals surface area contributed by atoms with E-state index < -0.39 is 10.0 Å². The molecule has 1 aliphatic heterocycles. The Morgan fingerprint density at radius 2 is 1.91 bits per heavy atom. The summed E-state index contributed by atoms with van der Waals surface area (Å²) in [5.74, 6) is -0.0643. The van der Waals surface area contributed by atoms with Crippen LogP contribution >= 0.6 is 23.2 Å². The molecule has 1 fully saturated rings. The summed E-state index contributed by atoms with van der Waals surface area (Å²) in [6, 6.07) is 6.61. The second-order valence-electron chi connectivity index (χ2n) is 5.31. The number of benzene rings is 1. The Hall–Kier alpha value is -0.840. The highest BCUT2D eigenvalue weighted by Gasteiger charge is 2.30. The molecule has 5 nitrogen and oxygen atoms in total. The molecule has 22 heavy (non-hydrogen) atoms. The molecule has 8 heteroatoms. The third-order valence-electron chi connectivity index (χ3n) is 3.59. The molecular formula is C14H17Cl2N3O2S. The van der Waals surface area contributed by atoms with Gasteiger partial charge in [-0.25, -0.2) is 8.42 Å². The third-order valence-corrected chi connectivity index (χ3v) is 6.21. The van der Waals surface area contributed by atoms with E-state index in [-0.39, 0.29) is 15.8 Å². The number of rotatable bonds is 4. The normalized spacial score (nSPS) is 18.8. The molecule has 2 rings (SSSR count). The van der Waals surface area contributed by atoms with Crippen molar-refractivity contribution in [3.05, 3.63) is 28.2 Å². The first-order valence-corrected chi connectivity index (χ1v) is 9.11. The highest BCUT2D eigenvalue weighted by atomic mass is 35.5. The van der Waals surface area contributed by atoms with Crippen LogP contribution in [0.4, 0.5) is 0 Å². The highest BCUT2D eigenvalue weighted by molar-refractivity contribution is 7.89. The van der Waals surface area contributed by atoms with Crippen LogP contribution in [-0.2, 0) is 10.0 Å². The fourth-order valence-electron chi connectivity index (χ4n) is 2.39. The van der Waals surface area contributed by atoms with Crippen molar-refractivity contribution in [3.63, 3.8) is 0 Å². The zero-order valence-electron chi connectivity index (χ0n) is 12.2. The van der Waals surface area contributed by atoms with E-state index in [1.165, 1.54) is 16.4 Å². The maximum Gasteiger partial charge on any atom is 0.244 e. The SMILES string of the molecule is C[C@H](C#N)CN1CCN(S(=O)(=O)c2cc(Cl)ccc2Cl)CC1. The van der Waals surface area contributed by atoms with Gasteiger partial charge in [0.2, 0.25) is 10.0 Å². The average molecular weight is 362 g/mol. The van der Waals surface area contributed by atoms with E-state index in [1.807, 2.05) is 6.92 Å². The van der Waals surface area contributed by atoms with Crippen molar-refractivity contribution in [2.75, 3.05) is 32.7 Å². The van der Waals surface area contributed by atoms with Crippen LogP contribution in [0.3, 0.4) is 0 Å². The van der Waals surface area contributed by atoms with Gasteiger partial charge in [-0.05, 0) is 25.1 Å². The Morgan fingerprint density at radius 1 is 1.27 bits per heavy atom. The fourth-order valence-corrected chi connectivity index (χ4v) is 4.55. The monoisotopic (exact) mass is 361 g/mol. The molecule has 0 spiro atoms. The van der Waals surface area contributed by atoms with Gasteiger partial charge in [0, 0.05) is 37.7 Å². The highest BCUT2D eigenvalue weighted by Crippen LogP contribution is 2.28. The van der Waals surface area contributed by atoms with Crippen LogP contribution < -0.4 is 0 Å². The summed E-state index contributed by atoms with van der Waals surface area (Å²) in [4.78, 5) is 2.14. The van der Waals surface area contributed by atoms with E-state index in [0.29, 0.717) is 37.7 Å². The Morgan fingerprint density at radius 3 is 2.50 bits per heavy atom. The van der Waals surface area contributed by atoms with E-state index in [0.717, 1.165) is 0 Å². The van der Waals surface area contributed by atoms with Crippen LogP contribution in [-0.4, -0.2) is 50.3 Å². The minimum absolute atomic E-state index is 0.0421. The van der Waals surface area contributed by atoms with E-state index in [9.17, 15) is 8.42 Å². The van der Waals surface area contributed by atoms with E-state index in [2.05, 4.69) is 11.0 Å². The fraction of sp³-hybridized carbons (Fsp3) is 0.500. The van der Waals surface area contributed by atoms with Crippen LogP contribution in [0.1, 0.15) is 6.92 Å². The van der Waals surface area contributed by atoms with Gasteiger partial charge in [-0.3, -0.25) is 4.90 Å². The first kappa shape index (κ1) is 17.5. The van der Waals surface area contributed by atoms with Gasteiger partial charge in [0.25, 0.3) is 0 Å². The molecule has 1 atom stereocenters. The lowest BCUT2D eigenvalue weighted by molar-refractivity contribution is 0.178. The molecule has 0 bridgehead atoms. The summed E-state index contributed by atoms with van der Waals surface area (Å²) in [5.41, 5.74) is 0. The summed E-state index contributed by atoms with van der Waals surface area (Å²) in [6.45, 7) is 4.47. The predicted molar refractivity (Wildman–Crippen MR) is 86.4 cm³/mol. The summed E-state index contributed by atoms with van der Waals surface area (Å²) in [5, 5.41) is 9.35. The lowest BCUT2D eigenvalue weighted by Gasteiger charge is -2.34. The number of hydrogen-bond acceptors (Lipinski definition) is 4. The quantitative estimate of drug-likeness (QED) is 0.825. The van der Waals surface area contributed by atoms with Gasteiger partial charge in [-0.1, -0.05) is 23.2 Å². The molecule has 1 heterocycles. The maximum absolute atomic E-state index is 12.7. The Labute approximate surface area is 141 Å². The van der Waals surface area contributed by atoms with Gasteiger partial charge in [-0.15, -0.1) is 0 Å². The van der Waals surface area contributed by atoms with Crippen LogP contribution in [0.25, 0.3) is 0 Å². The summed E-state index contributed by atoms with van der Waals surface area (Å²) >= 11 is 11.9. The van der Waals surface area contributed by atoms with Gasteiger partial charge in [0.15, 0.2) is 0 Å². The Balaban J connectivity index is 2.10. The zero-order chi connectivity index (χ0) is 16.3. The number of hydrogen-bond donors (Lipinski definition) is 0. The van der Waals surface area contributed by atoms with Crippen LogP contribution in [0.15, 0.2) is 23.1 Å². The van der Waals surface area contributed by atoms with Gasteiger partial charge in [0.05, 0.1) is 17.0 Å². The Bertz CT molecular complexity index is 680. The van der Waals surface area contributed by atoms with Gasteiger partial charge in [-0.2, -0.15) is 9.57 Å². The zero-order valence-corrected chi connectivity index (χ0v) is 14.5. The Kier molecular flexibility index (Phi) is 5.70. The predicted octanol–water partition coefficient (Wildman–Crippen LogP) is 2.46. The van der Waals surface area contributed by atoms with Crippen LogP contribution in [0.5, 0.6) is 0 Å². The standard InChI is InChI=1S/C14H17Cl2N3O2S/c1-11(9-17)10-18-4-6-19(7-5-18)22(20,21)14-8-12(15)2-3-13(14)16/h2-3,8,11H,4-7,10H2,1H3/t11-/m1/s1. The van der Waals surface area contributed by atoms with Gasteiger partial charge >= 0.3 is 0 Å². The molecule has 1 aromatic rings. The van der Waals surface area contributed by atoms with Crippen molar-refractivity contribution in [1.29, 1.82) is 5.26 Å². The van der Waals surface area contributed by atoms with E-state index in [1.54, 1.807) is 6.07 Å². The first-order chi connectivity index (χ1) is 10.3. The molecular weight excluding hydrogens is 345 g/mol. The summed E-state index contributed by atoms with van der Waals surface area (Å²) < 4.78 is 26.7. The number of piperazine rings is 1. The smallest absolute Gasteiger partial charge is 0.244 e. The molecule has 0 radical (unpaired) electrons. The lowest BCUT2D eigenvalue weighted by Crippen LogP contribution is -2.49. The molecule has 1 aliphatic rings. The molecule has 0 amide bonds. The van der Waals surface area contributed by atoms with Crippen LogP contribution in [0.2, 0.25) is 10.0 Å². The largest absolute Gasteiger partial charge is 0.299 e. The molecule has 0 aliphatic carbocycles. The first-order valence-electron chi connectivity index (χ1n) is 6.92. The molecule has 0 saturated carbocycles. The molecule has 1 aromatic carbocycles. The van der Waals surface area contributed by atoms with Crippen molar-refractivity contribution in [1.82, 2.24) is 9.21 Å².